The molecule has 1 rings (SSSR count). The molecule has 1 unspecified atom stereocenters. The van der Waals surface area contributed by atoms with Gasteiger partial charge in [0.05, 0.1) is 12.1 Å². The average molecular weight is 211 g/mol. The lowest BCUT2D eigenvalue weighted by atomic mass is 9.88. The number of nitrogens with one attached hydrogen (secondary N) is 1. The largest absolute Gasteiger partial charge is 0.394 e. The van der Waals surface area contributed by atoms with Crippen molar-refractivity contribution in [1.29, 1.82) is 0 Å². The van der Waals surface area contributed by atoms with Crippen molar-refractivity contribution in [3.8, 4) is 0 Å². The van der Waals surface area contributed by atoms with Crippen LogP contribution in [0.2, 0.25) is 0 Å². The first-order valence-electron chi connectivity index (χ1n) is 5.30. The minimum absolute atomic E-state index is 0.0168. The predicted molar refractivity (Wildman–Crippen MR) is 59.1 cm³/mol. The van der Waals surface area contributed by atoms with Crippen molar-refractivity contribution >= 4 is 0 Å². The molecule has 0 bridgehead atoms. The lowest BCUT2D eigenvalue weighted by Gasteiger charge is -2.32. The molecule has 0 aromatic heterocycles. The molecule has 1 atom stereocenters. The molecule has 1 aromatic carbocycles. The average Bonchev–Trinajstić information content (AvgIpc) is 2.27. The lowest BCUT2D eigenvalue weighted by Crippen LogP contribution is -2.45. The number of hydrogen-bond donors (Lipinski definition) is 2. The maximum Gasteiger partial charge on any atom is 0.123 e. The molecule has 15 heavy (non-hydrogen) atoms. The third-order valence-electron chi connectivity index (χ3n) is 2.79. The minimum Gasteiger partial charge on any atom is -0.394 e. The Labute approximate surface area is 90.1 Å². The monoisotopic (exact) mass is 211 g/mol. The van der Waals surface area contributed by atoms with Gasteiger partial charge < -0.3 is 10.4 Å². The minimum atomic E-state index is -0.442. The van der Waals surface area contributed by atoms with E-state index in [2.05, 4.69) is 5.32 Å². The fourth-order valence-electron chi connectivity index (χ4n) is 1.80. The first-order valence-corrected chi connectivity index (χ1v) is 5.30. The SMILES string of the molecule is CCNC(CC)(CO)c1ccc(F)cc1. The molecule has 1 aromatic rings. The van der Waals surface area contributed by atoms with Gasteiger partial charge >= 0.3 is 0 Å². The first-order chi connectivity index (χ1) is 7.18. The van der Waals surface area contributed by atoms with Crippen LogP contribution in [0.1, 0.15) is 25.8 Å². The van der Waals surface area contributed by atoms with E-state index in [1.54, 1.807) is 12.1 Å². The van der Waals surface area contributed by atoms with Crippen LogP contribution in [-0.4, -0.2) is 18.3 Å². The zero-order valence-corrected chi connectivity index (χ0v) is 9.26. The van der Waals surface area contributed by atoms with Crippen molar-refractivity contribution in [3.05, 3.63) is 35.6 Å². The van der Waals surface area contributed by atoms with Gasteiger partial charge in [0.1, 0.15) is 5.82 Å². The second kappa shape index (κ2) is 5.24. The van der Waals surface area contributed by atoms with Crippen molar-refractivity contribution in [1.82, 2.24) is 5.32 Å². The molecule has 0 saturated heterocycles. The molecule has 0 aliphatic carbocycles. The molecule has 0 amide bonds. The number of aliphatic hydroxyl groups is 1. The van der Waals surface area contributed by atoms with Gasteiger partial charge in [0.2, 0.25) is 0 Å². The zero-order chi connectivity index (χ0) is 11.3. The van der Waals surface area contributed by atoms with Crippen molar-refractivity contribution < 1.29 is 9.50 Å². The van der Waals surface area contributed by atoms with Crippen molar-refractivity contribution in [2.45, 2.75) is 25.8 Å². The Kier molecular flexibility index (Phi) is 4.24. The van der Waals surface area contributed by atoms with Crippen LogP contribution in [0.25, 0.3) is 0 Å². The van der Waals surface area contributed by atoms with Gasteiger partial charge in [-0.05, 0) is 30.7 Å². The molecular weight excluding hydrogens is 193 g/mol. The highest BCUT2D eigenvalue weighted by Crippen LogP contribution is 2.24. The topological polar surface area (TPSA) is 32.3 Å². The van der Waals surface area contributed by atoms with E-state index in [9.17, 15) is 9.50 Å². The summed E-state index contributed by atoms with van der Waals surface area (Å²) in [6.07, 6.45) is 0.767. The summed E-state index contributed by atoms with van der Waals surface area (Å²) in [4.78, 5) is 0. The number of benzene rings is 1. The van der Waals surface area contributed by atoms with Gasteiger partial charge in [-0.2, -0.15) is 0 Å². The number of hydrogen-bond acceptors (Lipinski definition) is 2. The molecule has 0 fully saturated rings. The van der Waals surface area contributed by atoms with E-state index in [1.807, 2.05) is 13.8 Å². The second-order valence-corrected chi connectivity index (χ2v) is 3.63. The Morgan fingerprint density at radius 1 is 1.27 bits per heavy atom. The maximum atomic E-state index is 12.8. The molecular formula is C12H18FNO. The van der Waals surface area contributed by atoms with Gasteiger partial charge in [-0.15, -0.1) is 0 Å². The number of rotatable bonds is 5. The molecule has 2 nitrogen and oxygen atoms in total. The fourth-order valence-corrected chi connectivity index (χ4v) is 1.80. The summed E-state index contributed by atoms with van der Waals surface area (Å²) in [6.45, 7) is 4.78. The summed E-state index contributed by atoms with van der Waals surface area (Å²) in [6, 6.07) is 6.29. The van der Waals surface area contributed by atoms with E-state index in [0.717, 1.165) is 18.5 Å². The van der Waals surface area contributed by atoms with E-state index in [0.29, 0.717) is 0 Å². The van der Waals surface area contributed by atoms with Crippen LogP contribution < -0.4 is 5.32 Å². The van der Waals surface area contributed by atoms with Crippen LogP contribution in [0, 0.1) is 5.82 Å². The van der Waals surface area contributed by atoms with E-state index in [1.165, 1.54) is 12.1 Å². The molecule has 2 N–H and O–H groups in total. The van der Waals surface area contributed by atoms with Gasteiger partial charge in [0, 0.05) is 0 Å². The summed E-state index contributed by atoms with van der Waals surface area (Å²) in [5.74, 6) is -0.252. The second-order valence-electron chi connectivity index (χ2n) is 3.63. The third-order valence-corrected chi connectivity index (χ3v) is 2.79. The number of likely N-dealkylation sites (N-methyl/N-ethyl adjacent to an activating group) is 1. The van der Waals surface area contributed by atoms with Crippen LogP contribution in [-0.2, 0) is 5.54 Å². The Balaban J connectivity index is 3.02. The van der Waals surface area contributed by atoms with E-state index < -0.39 is 5.54 Å². The van der Waals surface area contributed by atoms with Crippen LogP contribution >= 0.6 is 0 Å². The molecule has 0 radical (unpaired) electrons. The van der Waals surface area contributed by atoms with Gasteiger partial charge in [-0.1, -0.05) is 26.0 Å². The first kappa shape index (κ1) is 12.1. The molecule has 0 aliphatic rings. The van der Waals surface area contributed by atoms with Crippen LogP contribution in [0.15, 0.2) is 24.3 Å². The van der Waals surface area contributed by atoms with Crippen molar-refractivity contribution in [2.75, 3.05) is 13.2 Å². The zero-order valence-electron chi connectivity index (χ0n) is 9.26. The summed E-state index contributed by atoms with van der Waals surface area (Å²) >= 11 is 0. The third kappa shape index (κ3) is 2.55. The fraction of sp³-hybridized carbons (Fsp3) is 0.500. The number of aliphatic hydroxyl groups excluding tert-OH is 1. The Hall–Kier alpha value is -0.930. The van der Waals surface area contributed by atoms with Gasteiger partial charge in [0.25, 0.3) is 0 Å². The highest BCUT2D eigenvalue weighted by atomic mass is 19.1. The molecule has 84 valence electrons. The van der Waals surface area contributed by atoms with E-state index in [4.69, 9.17) is 0 Å². The summed E-state index contributed by atoms with van der Waals surface area (Å²) in [5.41, 5.74) is 0.485. The van der Waals surface area contributed by atoms with E-state index >= 15 is 0 Å². The highest BCUT2D eigenvalue weighted by Gasteiger charge is 2.28. The van der Waals surface area contributed by atoms with Crippen LogP contribution in [0.4, 0.5) is 4.39 Å². The van der Waals surface area contributed by atoms with Gasteiger partial charge in [-0.3, -0.25) is 0 Å². The Morgan fingerprint density at radius 2 is 1.87 bits per heavy atom. The summed E-state index contributed by atoms with van der Waals surface area (Å²) in [7, 11) is 0. The Morgan fingerprint density at radius 3 is 2.27 bits per heavy atom. The molecule has 3 heteroatoms. The molecule has 0 spiro atoms. The van der Waals surface area contributed by atoms with Crippen LogP contribution in [0.5, 0.6) is 0 Å². The maximum absolute atomic E-state index is 12.8. The van der Waals surface area contributed by atoms with Crippen LogP contribution in [0.3, 0.4) is 0 Å². The molecule has 0 heterocycles. The Bertz CT molecular complexity index is 293. The summed E-state index contributed by atoms with van der Waals surface area (Å²) in [5, 5.41) is 12.7. The molecule has 0 saturated carbocycles. The number of halogens is 1. The standard InChI is InChI=1S/C12H18FNO/c1-3-12(9-15,14-4-2)10-5-7-11(13)8-6-10/h5-8,14-15H,3-4,9H2,1-2H3. The van der Waals surface area contributed by atoms with Gasteiger partial charge in [0.15, 0.2) is 0 Å². The van der Waals surface area contributed by atoms with Crippen molar-refractivity contribution in [3.63, 3.8) is 0 Å². The lowest BCUT2D eigenvalue weighted by molar-refractivity contribution is 0.157. The summed E-state index contributed by atoms with van der Waals surface area (Å²) < 4.78 is 12.8. The smallest absolute Gasteiger partial charge is 0.123 e. The quantitative estimate of drug-likeness (QED) is 0.781. The van der Waals surface area contributed by atoms with Gasteiger partial charge in [-0.25, -0.2) is 4.39 Å². The van der Waals surface area contributed by atoms with Crippen molar-refractivity contribution in [2.24, 2.45) is 0 Å². The normalized spacial score (nSPS) is 14.9. The predicted octanol–water partition coefficient (Wildman–Crippen LogP) is 2.03. The van der Waals surface area contributed by atoms with E-state index in [-0.39, 0.29) is 12.4 Å². The molecule has 0 aliphatic heterocycles. The highest BCUT2D eigenvalue weighted by molar-refractivity contribution is 5.25.